The molecular formula is C2H5NO3S. The summed E-state index contributed by atoms with van der Waals surface area (Å²) in [5, 5.41) is 7.75. The zero-order valence-electron chi connectivity index (χ0n) is 3.46. The maximum absolute atomic E-state index is 9.46. The smallest absolute Gasteiger partial charge is 0.449 e. The van der Waals surface area contributed by atoms with Crippen LogP contribution in [0.4, 0.5) is 4.79 Å². The van der Waals surface area contributed by atoms with Crippen molar-refractivity contribution < 1.29 is 14.1 Å². The second-order valence-corrected chi connectivity index (χ2v) is 1.37. The Morgan fingerprint density at radius 2 is 2.57 bits per heavy atom. The average molecular weight is 123 g/mol. The molecule has 0 spiro atoms. The maximum Gasteiger partial charge on any atom is 0.518 e. The largest absolute Gasteiger partial charge is 0.518 e. The Labute approximate surface area is 44.8 Å². The highest BCUT2D eigenvalue weighted by molar-refractivity contribution is 7.94. The predicted octanol–water partition coefficient (Wildman–Crippen LogP) is 0.245. The molecule has 0 bridgehead atoms. The molecule has 0 saturated carbocycles. The molecule has 0 aliphatic carbocycles. The molecule has 7 heavy (non-hydrogen) atoms. The van der Waals surface area contributed by atoms with Crippen molar-refractivity contribution in [3.8, 4) is 0 Å². The maximum atomic E-state index is 9.46. The van der Waals surface area contributed by atoms with Crippen LogP contribution in [-0.2, 0) is 4.18 Å². The van der Waals surface area contributed by atoms with Gasteiger partial charge in [0.25, 0.3) is 0 Å². The second-order valence-electron chi connectivity index (χ2n) is 0.634. The third-order valence-electron chi connectivity index (χ3n) is 0.198. The molecule has 0 aromatic rings. The lowest BCUT2D eigenvalue weighted by Crippen LogP contribution is -1.98. The lowest BCUT2D eigenvalue weighted by Gasteiger charge is -1.89. The van der Waals surface area contributed by atoms with E-state index in [-0.39, 0.29) is 5.88 Å². The molecule has 0 unspecified atom stereocenters. The molecule has 0 amide bonds. The van der Waals surface area contributed by atoms with Gasteiger partial charge in [-0.3, -0.25) is 0 Å². The van der Waals surface area contributed by atoms with E-state index in [0.717, 1.165) is 0 Å². The molecule has 0 radical (unpaired) electrons. The van der Waals surface area contributed by atoms with Gasteiger partial charge in [0, 0.05) is 0 Å². The standard InChI is InChI=1S/C2H5NO3S/c3-1-7-6-2(4)5/h1,3H2,(H,4,5). The highest BCUT2D eigenvalue weighted by Gasteiger charge is 1.91. The predicted molar refractivity (Wildman–Crippen MR) is 25.8 cm³/mol. The van der Waals surface area contributed by atoms with Crippen LogP contribution in [0.3, 0.4) is 0 Å². The molecule has 0 fully saturated rings. The molecule has 0 aromatic carbocycles. The van der Waals surface area contributed by atoms with Crippen molar-refractivity contribution in [3.05, 3.63) is 0 Å². The van der Waals surface area contributed by atoms with Crippen LogP contribution < -0.4 is 5.73 Å². The number of hydrogen-bond donors (Lipinski definition) is 2. The van der Waals surface area contributed by atoms with E-state index in [4.69, 9.17) is 10.8 Å². The van der Waals surface area contributed by atoms with Gasteiger partial charge in [-0.15, -0.1) is 0 Å². The summed E-state index contributed by atoms with van der Waals surface area (Å²) >= 11 is 0.694. The Hall–Kier alpha value is -0.420. The number of nitrogens with two attached hydrogens (primary N) is 1. The van der Waals surface area contributed by atoms with E-state index in [1.54, 1.807) is 0 Å². The second kappa shape index (κ2) is 3.76. The minimum atomic E-state index is -1.31. The molecular weight excluding hydrogens is 118 g/mol. The molecule has 0 heterocycles. The quantitative estimate of drug-likeness (QED) is 0.406. The van der Waals surface area contributed by atoms with Gasteiger partial charge in [0.05, 0.1) is 17.9 Å². The lowest BCUT2D eigenvalue weighted by molar-refractivity contribution is 0.153. The monoisotopic (exact) mass is 123 g/mol. The highest BCUT2D eigenvalue weighted by Crippen LogP contribution is 1.95. The molecule has 3 N–H and O–H groups in total. The molecule has 0 saturated heterocycles. The van der Waals surface area contributed by atoms with E-state index < -0.39 is 6.16 Å². The van der Waals surface area contributed by atoms with Crippen LogP contribution >= 0.6 is 12.0 Å². The first-order chi connectivity index (χ1) is 3.27. The fourth-order valence-electron chi connectivity index (χ4n) is 0.0844. The Balaban J connectivity index is 2.82. The topological polar surface area (TPSA) is 72.5 Å². The van der Waals surface area contributed by atoms with Crippen molar-refractivity contribution in [2.75, 3.05) is 5.88 Å². The summed E-state index contributed by atoms with van der Waals surface area (Å²) in [6.07, 6.45) is -1.31. The summed E-state index contributed by atoms with van der Waals surface area (Å²) in [5.41, 5.74) is 4.85. The first kappa shape index (κ1) is 6.58. The lowest BCUT2D eigenvalue weighted by atomic mass is 11.5. The fraction of sp³-hybridized carbons (Fsp3) is 0.500. The van der Waals surface area contributed by atoms with Crippen molar-refractivity contribution in [1.82, 2.24) is 0 Å². The van der Waals surface area contributed by atoms with Crippen molar-refractivity contribution in [1.29, 1.82) is 0 Å². The van der Waals surface area contributed by atoms with Gasteiger partial charge in [0.1, 0.15) is 0 Å². The van der Waals surface area contributed by atoms with Gasteiger partial charge in [-0.25, -0.2) is 4.79 Å². The number of carbonyl (C=O) groups is 1. The van der Waals surface area contributed by atoms with Crippen LogP contribution in [0.25, 0.3) is 0 Å². The van der Waals surface area contributed by atoms with Crippen molar-refractivity contribution in [2.45, 2.75) is 0 Å². The van der Waals surface area contributed by atoms with E-state index in [1.807, 2.05) is 0 Å². The normalized spacial score (nSPS) is 8.14. The first-order valence-electron chi connectivity index (χ1n) is 1.50. The number of rotatable bonds is 2. The molecule has 0 aliphatic heterocycles. The van der Waals surface area contributed by atoms with Crippen LogP contribution in [-0.4, -0.2) is 17.1 Å². The Morgan fingerprint density at radius 1 is 2.00 bits per heavy atom. The van der Waals surface area contributed by atoms with Crippen molar-refractivity contribution >= 4 is 18.2 Å². The van der Waals surface area contributed by atoms with E-state index in [2.05, 4.69) is 4.18 Å². The zero-order valence-corrected chi connectivity index (χ0v) is 4.27. The summed E-state index contributed by atoms with van der Waals surface area (Å²) in [5.74, 6) is 0.159. The van der Waals surface area contributed by atoms with Crippen molar-refractivity contribution in [3.63, 3.8) is 0 Å². The van der Waals surface area contributed by atoms with Crippen LogP contribution in [0.2, 0.25) is 0 Å². The fourth-order valence-corrected chi connectivity index (χ4v) is 0.253. The van der Waals surface area contributed by atoms with Crippen molar-refractivity contribution in [2.24, 2.45) is 5.73 Å². The SMILES string of the molecule is NCSOC(=O)O. The van der Waals surface area contributed by atoms with Gasteiger partial charge in [-0.05, 0) is 0 Å². The minimum absolute atomic E-state index is 0.159. The summed E-state index contributed by atoms with van der Waals surface area (Å²) in [6, 6.07) is 0. The van der Waals surface area contributed by atoms with Gasteiger partial charge >= 0.3 is 6.16 Å². The Bertz CT molecular complexity index is 66.0. The Morgan fingerprint density at radius 3 is 2.71 bits per heavy atom. The third kappa shape index (κ3) is 5.58. The van der Waals surface area contributed by atoms with E-state index in [0.29, 0.717) is 12.0 Å². The molecule has 5 heteroatoms. The molecule has 0 aromatic heterocycles. The zero-order chi connectivity index (χ0) is 5.70. The highest BCUT2D eigenvalue weighted by atomic mass is 32.2. The van der Waals surface area contributed by atoms with E-state index in [1.165, 1.54) is 0 Å². The van der Waals surface area contributed by atoms with Crippen LogP contribution in [0.5, 0.6) is 0 Å². The molecule has 0 atom stereocenters. The van der Waals surface area contributed by atoms with Gasteiger partial charge in [0.15, 0.2) is 0 Å². The van der Waals surface area contributed by atoms with E-state index in [9.17, 15) is 4.79 Å². The van der Waals surface area contributed by atoms with Crippen LogP contribution in [0, 0.1) is 0 Å². The van der Waals surface area contributed by atoms with Gasteiger partial charge in [0.2, 0.25) is 0 Å². The minimum Gasteiger partial charge on any atom is -0.449 e. The van der Waals surface area contributed by atoms with Crippen LogP contribution in [0.1, 0.15) is 0 Å². The molecule has 4 nitrogen and oxygen atoms in total. The molecule has 0 aliphatic rings. The Kier molecular flexibility index (Phi) is 3.53. The van der Waals surface area contributed by atoms with Gasteiger partial charge in [-0.1, -0.05) is 0 Å². The average Bonchev–Trinajstić information content (AvgIpc) is 1.61. The summed E-state index contributed by atoms with van der Waals surface area (Å²) in [4.78, 5) is 9.46. The summed E-state index contributed by atoms with van der Waals surface area (Å²) < 4.78 is 3.90. The summed E-state index contributed by atoms with van der Waals surface area (Å²) in [7, 11) is 0. The van der Waals surface area contributed by atoms with E-state index >= 15 is 0 Å². The van der Waals surface area contributed by atoms with Crippen LogP contribution in [0.15, 0.2) is 0 Å². The number of hydrogen-bond acceptors (Lipinski definition) is 4. The molecule has 0 rings (SSSR count). The summed E-state index contributed by atoms with van der Waals surface area (Å²) in [6.45, 7) is 0. The number of carboxylic acid groups (broad SMARTS) is 1. The first-order valence-corrected chi connectivity index (χ1v) is 2.41. The van der Waals surface area contributed by atoms with Gasteiger partial charge < -0.3 is 15.0 Å². The molecule has 42 valence electrons. The van der Waals surface area contributed by atoms with Gasteiger partial charge in [-0.2, -0.15) is 0 Å². The third-order valence-corrected chi connectivity index (χ3v) is 0.595.